The van der Waals surface area contributed by atoms with Gasteiger partial charge in [0.25, 0.3) is 0 Å². The highest BCUT2D eigenvalue weighted by atomic mass is 32.2. The Kier molecular flexibility index (Phi) is 6.05. The summed E-state index contributed by atoms with van der Waals surface area (Å²) < 4.78 is 59.9. The van der Waals surface area contributed by atoms with Crippen LogP contribution in [0.3, 0.4) is 0 Å². The Morgan fingerprint density at radius 1 is 0.724 bits per heavy atom. The van der Waals surface area contributed by atoms with Gasteiger partial charge in [0.1, 0.15) is 5.75 Å². The molecule has 0 bridgehead atoms. The van der Waals surface area contributed by atoms with Crippen LogP contribution in [0.5, 0.6) is 5.75 Å². The predicted octanol–water partition coefficient (Wildman–Crippen LogP) is 2.32. The lowest BCUT2D eigenvalue weighted by Gasteiger charge is -2.33. The molecular formula is C20H26N2O5S2. The minimum Gasteiger partial charge on any atom is -0.496 e. The average molecular weight is 439 g/mol. The summed E-state index contributed by atoms with van der Waals surface area (Å²) in [6.07, 6.45) is 0. The molecule has 0 saturated carbocycles. The molecule has 0 unspecified atom stereocenters. The van der Waals surface area contributed by atoms with Crippen LogP contribution in [0.25, 0.3) is 0 Å². The van der Waals surface area contributed by atoms with Crippen LogP contribution in [-0.2, 0) is 20.0 Å². The van der Waals surface area contributed by atoms with Crippen LogP contribution in [-0.4, -0.2) is 58.7 Å². The van der Waals surface area contributed by atoms with Gasteiger partial charge in [-0.1, -0.05) is 17.7 Å². The van der Waals surface area contributed by atoms with Crippen LogP contribution in [0.2, 0.25) is 0 Å². The molecule has 1 aliphatic rings. The first-order chi connectivity index (χ1) is 13.6. The largest absolute Gasteiger partial charge is 0.496 e. The van der Waals surface area contributed by atoms with Gasteiger partial charge < -0.3 is 4.74 Å². The van der Waals surface area contributed by atoms with Gasteiger partial charge in [-0.15, -0.1) is 0 Å². The van der Waals surface area contributed by atoms with E-state index in [9.17, 15) is 16.8 Å². The van der Waals surface area contributed by atoms with E-state index < -0.39 is 20.0 Å². The van der Waals surface area contributed by atoms with E-state index in [1.807, 2.05) is 13.8 Å². The van der Waals surface area contributed by atoms with Gasteiger partial charge in [0, 0.05) is 26.2 Å². The number of nitrogens with zero attached hydrogens (tertiary/aromatic N) is 2. The zero-order chi connectivity index (χ0) is 21.4. The number of rotatable bonds is 5. The summed E-state index contributed by atoms with van der Waals surface area (Å²) >= 11 is 0. The van der Waals surface area contributed by atoms with Crippen LogP contribution >= 0.6 is 0 Å². The zero-order valence-corrected chi connectivity index (χ0v) is 18.7. The Balaban J connectivity index is 1.80. The van der Waals surface area contributed by atoms with E-state index in [4.69, 9.17) is 4.74 Å². The molecule has 0 atom stereocenters. The fourth-order valence-electron chi connectivity index (χ4n) is 3.42. The second-order valence-corrected chi connectivity index (χ2v) is 11.0. The average Bonchev–Trinajstić information content (AvgIpc) is 2.70. The topological polar surface area (TPSA) is 84.0 Å². The van der Waals surface area contributed by atoms with Crippen molar-refractivity contribution in [2.75, 3.05) is 33.3 Å². The Labute approximate surface area is 173 Å². The highest BCUT2D eigenvalue weighted by Gasteiger charge is 2.34. The molecule has 9 heteroatoms. The number of ether oxygens (including phenoxy) is 1. The Bertz CT molecular complexity index is 1100. The second kappa shape index (κ2) is 8.06. The summed E-state index contributed by atoms with van der Waals surface area (Å²) in [5.41, 5.74) is 2.39. The van der Waals surface area contributed by atoms with Crippen molar-refractivity contribution in [2.45, 2.75) is 30.6 Å². The molecule has 0 aromatic heterocycles. The molecule has 0 radical (unpaired) electrons. The lowest BCUT2D eigenvalue weighted by molar-refractivity contribution is 0.272. The fourth-order valence-corrected chi connectivity index (χ4v) is 6.54. The van der Waals surface area contributed by atoms with Gasteiger partial charge in [0.05, 0.1) is 16.9 Å². The molecule has 1 fully saturated rings. The molecule has 2 aromatic carbocycles. The summed E-state index contributed by atoms with van der Waals surface area (Å²) in [5.74, 6) is 0.635. The highest BCUT2D eigenvalue weighted by Crippen LogP contribution is 2.29. The molecule has 3 rings (SSSR count). The van der Waals surface area contributed by atoms with Crippen molar-refractivity contribution < 1.29 is 21.6 Å². The van der Waals surface area contributed by atoms with Crippen LogP contribution in [0.15, 0.2) is 46.2 Å². The smallest absolute Gasteiger partial charge is 0.243 e. The van der Waals surface area contributed by atoms with Crippen molar-refractivity contribution in [3.63, 3.8) is 0 Å². The van der Waals surface area contributed by atoms with E-state index in [0.29, 0.717) is 11.3 Å². The number of hydrogen-bond acceptors (Lipinski definition) is 5. The summed E-state index contributed by atoms with van der Waals surface area (Å²) in [6.45, 7) is 5.91. The summed E-state index contributed by atoms with van der Waals surface area (Å²) in [6, 6.07) is 9.86. The van der Waals surface area contributed by atoms with Crippen LogP contribution in [0, 0.1) is 20.8 Å². The van der Waals surface area contributed by atoms with Crippen molar-refractivity contribution in [1.82, 2.24) is 8.61 Å². The predicted molar refractivity (Wildman–Crippen MR) is 111 cm³/mol. The standard InChI is InChI=1S/C20H26N2O5S2/c1-15-5-7-18(8-6-15)28(23,24)21-11-13-22(14-12-21)29(25,26)20-10-9-19(27-4)16(2)17(20)3/h5-10H,11-14H2,1-4H3. The lowest BCUT2D eigenvalue weighted by atomic mass is 10.1. The maximum atomic E-state index is 13.1. The molecule has 7 nitrogen and oxygen atoms in total. The van der Waals surface area contributed by atoms with Crippen molar-refractivity contribution in [1.29, 1.82) is 0 Å². The van der Waals surface area contributed by atoms with Gasteiger partial charge in [-0.3, -0.25) is 0 Å². The van der Waals surface area contributed by atoms with Gasteiger partial charge in [-0.05, 0) is 56.2 Å². The summed E-state index contributed by atoms with van der Waals surface area (Å²) in [4.78, 5) is 0.451. The lowest BCUT2D eigenvalue weighted by Crippen LogP contribution is -2.50. The molecule has 0 spiro atoms. The molecule has 0 aliphatic carbocycles. The third-order valence-electron chi connectivity index (χ3n) is 5.38. The molecule has 158 valence electrons. The number of aryl methyl sites for hydroxylation is 1. The number of piperazine rings is 1. The van der Waals surface area contributed by atoms with Crippen molar-refractivity contribution in [3.8, 4) is 5.75 Å². The van der Waals surface area contributed by atoms with E-state index in [0.717, 1.165) is 11.1 Å². The maximum absolute atomic E-state index is 13.1. The van der Waals surface area contributed by atoms with E-state index in [-0.39, 0.29) is 36.0 Å². The van der Waals surface area contributed by atoms with Crippen LogP contribution < -0.4 is 4.74 Å². The number of methoxy groups -OCH3 is 1. The Hall–Kier alpha value is -1.94. The second-order valence-electron chi connectivity index (χ2n) is 7.14. The maximum Gasteiger partial charge on any atom is 0.243 e. The minimum absolute atomic E-state index is 0.109. The first kappa shape index (κ1) is 21.8. The third-order valence-corrected chi connectivity index (χ3v) is 9.34. The van der Waals surface area contributed by atoms with E-state index >= 15 is 0 Å². The zero-order valence-electron chi connectivity index (χ0n) is 17.0. The van der Waals surface area contributed by atoms with Gasteiger partial charge >= 0.3 is 0 Å². The van der Waals surface area contributed by atoms with Crippen molar-refractivity contribution >= 4 is 20.0 Å². The van der Waals surface area contributed by atoms with Crippen molar-refractivity contribution in [2.24, 2.45) is 0 Å². The van der Waals surface area contributed by atoms with Gasteiger partial charge in [-0.25, -0.2) is 16.8 Å². The van der Waals surface area contributed by atoms with E-state index in [1.165, 1.54) is 8.61 Å². The fraction of sp³-hybridized carbons (Fsp3) is 0.400. The van der Waals surface area contributed by atoms with Gasteiger partial charge in [0.15, 0.2) is 0 Å². The van der Waals surface area contributed by atoms with Crippen molar-refractivity contribution in [3.05, 3.63) is 53.1 Å². The van der Waals surface area contributed by atoms with Crippen LogP contribution in [0.4, 0.5) is 0 Å². The normalized spacial score (nSPS) is 16.7. The number of benzene rings is 2. The third kappa shape index (κ3) is 4.05. The summed E-state index contributed by atoms with van der Waals surface area (Å²) in [7, 11) is -5.82. The number of hydrogen-bond donors (Lipinski definition) is 0. The summed E-state index contributed by atoms with van der Waals surface area (Å²) in [5, 5.41) is 0. The Morgan fingerprint density at radius 3 is 1.76 bits per heavy atom. The Morgan fingerprint density at radius 2 is 1.24 bits per heavy atom. The molecule has 0 N–H and O–H groups in total. The number of sulfonamides is 2. The molecule has 1 heterocycles. The molecule has 0 amide bonds. The molecule has 1 saturated heterocycles. The first-order valence-electron chi connectivity index (χ1n) is 9.30. The van der Waals surface area contributed by atoms with E-state index in [1.54, 1.807) is 50.4 Å². The monoisotopic (exact) mass is 438 g/mol. The first-order valence-corrected chi connectivity index (χ1v) is 12.2. The quantitative estimate of drug-likeness (QED) is 0.715. The van der Waals surface area contributed by atoms with Gasteiger partial charge in [0.2, 0.25) is 20.0 Å². The van der Waals surface area contributed by atoms with E-state index in [2.05, 4.69) is 0 Å². The van der Waals surface area contributed by atoms with Gasteiger partial charge in [-0.2, -0.15) is 8.61 Å². The highest BCUT2D eigenvalue weighted by molar-refractivity contribution is 7.89. The van der Waals surface area contributed by atoms with Crippen LogP contribution in [0.1, 0.15) is 16.7 Å². The molecule has 29 heavy (non-hydrogen) atoms. The minimum atomic E-state index is -3.72. The SMILES string of the molecule is COc1ccc(S(=O)(=O)N2CCN(S(=O)(=O)c3ccc(C)cc3)CC2)c(C)c1C. The molecule has 1 aliphatic heterocycles. The molecule has 2 aromatic rings. The molecular weight excluding hydrogens is 412 g/mol.